The Kier molecular flexibility index (Phi) is 3.10. The summed E-state index contributed by atoms with van der Waals surface area (Å²) in [6.45, 7) is 3.79. The lowest BCUT2D eigenvalue weighted by molar-refractivity contribution is 0.216. The molecule has 0 fully saturated rings. The van der Waals surface area contributed by atoms with Crippen molar-refractivity contribution < 1.29 is 9.52 Å². The van der Waals surface area contributed by atoms with Crippen LogP contribution in [0.4, 0.5) is 6.01 Å². The zero-order valence-electron chi connectivity index (χ0n) is 9.84. The van der Waals surface area contributed by atoms with Crippen molar-refractivity contribution in [1.82, 2.24) is 4.98 Å². The van der Waals surface area contributed by atoms with E-state index in [2.05, 4.69) is 15.5 Å². The lowest BCUT2D eigenvalue weighted by Gasteiger charge is -2.13. The van der Waals surface area contributed by atoms with Crippen LogP contribution in [-0.2, 0) is 0 Å². The van der Waals surface area contributed by atoms with Crippen molar-refractivity contribution in [2.45, 2.75) is 13.8 Å². The summed E-state index contributed by atoms with van der Waals surface area (Å²) < 4.78 is 5.42. The third kappa shape index (κ3) is 2.82. The molecule has 1 heterocycles. The molecule has 90 valence electrons. The van der Waals surface area contributed by atoms with Gasteiger partial charge in [-0.2, -0.15) is 10.1 Å². The fourth-order valence-corrected chi connectivity index (χ4v) is 1.22. The Labute approximate surface area is 99.2 Å². The van der Waals surface area contributed by atoms with Gasteiger partial charge in [0.1, 0.15) is 5.52 Å². The number of fused-ring (bicyclic) bond motifs is 1. The lowest BCUT2D eigenvalue weighted by Crippen LogP contribution is -2.18. The highest BCUT2D eigenvalue weighted by atomic mass is 16.4. The SMILES string of the molecule is CC(C)(C=NNc1nc2ccccc2o1)CO. The first-order valence-electron chi connectivity index (χ1n) is 5.37. The number of para-hydroxylation sites is 2. The van der Waals surface area contributed by atoms with E-state index in [0.717, 1.165) is 5.52 Å². The maximum Gasteiger partial charge on any atom is 0.316 e. The average molecular weight is 233 g/mol. The van der Waals surface area contributed by atoms with Gasteiger partial charge >= 0.3 is 6.01 Å². The molecule has 0 aliphatic carbocycles. The fourth-order valence-electron chi connectivity index (χ4n) is 1.22. The predicted octanol–water partition coefficient (Wildman–Crippen LogP) is 2.24. The number of hydrogen-bond donors (Lipinski definition) is 2. The lowest BCUT2D eigenvalue weighted by atomic mass is 9.97. The first-order valence-corrected chi connectivity index (χ1v) is 5.37. The van der Waals surface area contributed by atoms with Crippen molar-refractivity contribution in [3.8, 4) is 0 Å². The Balaban J connectivity index is 2.09. The molecule has 1 aromatic carbocycles. The van der Waals surface area contributed by atoms with Gasteiger partial charge in [-0.25, -0.2) is 5.43 Å². The van der Waals surface area contributed by atoms with Crippen LogP contribution < -0.4 is 5.43 Å². The van der Waals surface area contributed by atoms with E-state index in [1.165, 1.54) is 0 Å². The second-order valence-electron chi connectivity index (χ2n) is 4.50. The summed E-state index contributed by atoms with van der Waals surface area (Å²) in [7, 11) is 0. The van der Waals surface area contributed by atoms with Crippen molar-refractivity contribution in [3.63, 3.8) is 0 Å². The van der Waals surface area contributed by atoms with Crippen LogP contribution in [0.2, 0.25) is 0 Å². The molecule has 0 saturated carbocycles. The molecule has 2 N–H and O–H groups in total. The van der Waals surface area contributed by atoms with E-state index >= 15 is 0 Å². The predicted molar refractivity (Wildman–Crippen MR) is 67.0 cm³/mol. The third-order valence-electron chi connectivity index (χ3n) is 2.28. The van der Waals surface area contributed by atoms with Gasteiger partial charge in [0.2, 0.25) is 0 Å². The van der Waals surface area contributed by atoms with Gasteiger partial charge in [0.15, 0.2) is 5.58 Å². The number of aromatic nitrogens is 1. The first kappa shape index (κ1) is 11.6. The molecular weight excluding hydrogens is 218 g/mol. The van der Waals surface area contributed by atoms with Gasteiger partial charge in [-0.1, -0.05) is 26.0 Å². The number of oxazole rings is 1. The van der Waals surface area contributed by atoms with Crippen molar-refractivity contribution in [2.75, 3.05) is 12.0 Å². The average Bonchev–Trinajstić information content (AvgIpc) is 2.71. The van der Waals surface area contributed by atoms with Crippen LogP contribution in [0.25, 0.3) is 11.1 Å². The monoisotopic (exact) mass is 233 g/mol. The van der Waals surface area contributed by atoms with Gasteiger partial charge in [0, 0.05) is 11.6 Å². The molecule has 1 aromatic heterocycles. The van der Waals surface area contributed by atoms with E-state index in [9.17, 15) is 0 Å². The molecule has 5 heteroatoms. The van der Waals surface area contributed by atoms with Crippen molar-refractivity contribution >= 4 is 23.3 Å². The van der Waals surface area contributed by atoms with Crippen molar-refractivity contribution in [1.29, 1.82) is 0 Å². The maximum atomic E-state index is 9.05. The zero-order chi connectivity index (χ0) is 12.3. The molecule has 0 saturated heterocycles. The summed E-state index contributed by atoms with van der Waals surface area (Å²) in [6, 6.07) is 7.83. The number of hydrazone groups is 1. The van der Waals surface area contributed by atoms with Gasteiger partial charge < -0.3 is 9.52 Å². The van der Waals surface area contributed by atoms with E-state index < -0.39 is 0 Å². The Morgan fingerprint density at radius 1 is 1.47 bits per heavy atom. The van der Waals surface area contributed by atoms with Crippen molar-refractivity contribution in [3.05, 3.63) is 24.3 Å². The minimum atomic E-state index is -0.362. The smallest absolute Gasteiger partial charge is 0.316 e. The first-order chi connectivity index (χ1) is 8.11. The highest BCUT2D eigenvalue weighted by Gasteiger charge is 2.12. The maximum absolute atomic E-state index is 9.05. The topological polar surface area (TPSA) is 70.7 Å². The quantitative estimate of drug-likeness (QED) is 0.627. The number of aliphatic hydroxyl groups excluding tert-OH is 1. The summed E-state index contributed by atoms with van der Waals surface area (Å²) >= 11 is 0. The molecule has 17 heavy (non-hydrogen) atoms. The van der Waals surface area contributed by atoms with Gasteiger partial charge in [-0.3, -0.25) is 0 Å². The normalized spacial score (nSPS) is 12.4. The van der Waals surface area contributed by atoms with E-state index in [-0.39, 0.29) is 12.0 Å². The number of anilines is 1. The molecule has 0 amide bonds. The molecule has 0 aliphatic rings. The molecule has 0 atom stereocenters. The minimum absolute atomic E-state index is 0.0335. The molecule has 0 spiro atoms. The standard InChI is InChI=1S/C12H15N3O2/c1-12(2,8-16)7-13-15-11-14-9-5-3-4-6-10(9)17-11/h3-7,16H,8H2,1-2H3,(H,14,15). The molecule has 0 bridgehead atoms. The second kappa shape index (κ2) is 4.55. The van der Waals surface area contributed by atoms with Gasteiger partial charge in [0.25, 0.3) is 0 Å². The van der Waals surface area contributed by atoms with Crippen LogP contribution in [0.3, 0.4) is 0 Å². The molecule has 2 aromatic rings. The molecule has 0 aliphatic heterocycles. The van der Waals surface area contributed by atoms with Gasteiger partial charge in [-0.15, -0.1) is 0 Å². The molecule has 5 nitrogen and oxygen atoms in total. The highest BCUT2D eigenvalue weighted by Crippen LogP contribution is 2.18. The summed E-state index contributed by atoms with van der Waals surface area (Å²) in [4.78, 5) is 4.20. The number of rotatable bonds is 4. The van der Waals surface area contributed by atoms with Gasteiger partial charge in [-0.05, 0) is 12.1 Å². The number of benzene rings is 1. The van der Waals surface area contributed by atoms with Gasteiger partial charge in [0.05, 0.1) is 6.61 Å². The van der Waals surface area contributed by atoms with Crippen LogP contribution in [0, 0.1) is 5.41 Å². The molecule has 0 radical (unpaired) electrons. The van der Waals surface area contributed by atoms with E-state index in [4.69, 9.17) is 9.52 Å². The second-order valence-corrected chi connectivity index (χ2v) is 4.50. The summed E-state index contributed by atoms with van der Waals surface area (Å²) in [5.41, 5.74) is 3.84. The Bertz CT molecular complexity index is 498. The molecular formula is C12H15N3O2. The Morgan fingerprint density at radius 3 is 2.94 bits per heavy atom. The number of aliphatic hydroxyl groups is 1. The van der Waals surface area contributed by atoms with Crippen LogP contribution in [0.15, 0.2) is 33.8 Å². The van der Waals surface area contributed by atoms with Crippen LogP contribution in [-0.4, -0.2) is 22.9 Å². The Hall–Kier alpha value is -1.88. The number of nitrogens with zero attached hydrogens (tertiary/aromatic N) is 2. The van der Waals surface area contributed by atoms with Crippen LogP contribution in [0.5, 0.6) is 0 Å². The third-order valence-corrected chi connectivity index (χ3v) is 2.28. The molecule has 0 unspecified atom stereocenters. The van der Waals surface area contributed by atoms with E-state index in [1.807, 2.05) is 38.1 Å². The largest absolute Gasteiger partial charge is 0.422 e. The molecule has 2 rings (SSSR count). The van der Waals surface area contributed by atoms with Crippen molar-refractivity contribution in [2.24, 2.45) is 10.5 Å². The van der Waals surface area contributed by atoms with Crippen LogP contribution >= 0.6 is 0 Å². The zero-order valence-corrected chi connectivity index (χ0v) is 9.84. The van der Waals surface area contributed by atoms with E-state index in [0.29, 0.717) is 11.6 Å². The minimum Gasteiger partial charge on any atom is -0.422 e. The summed E-state index contributed by atoms with van der Waals surface area (Å²) in [5, 5.41) is 13.0. The van der Waals surface area contributed by atoms with E-state index in [1.54, 1.807) is 6.21 Å². The summed E-state index contributed by atoms with van der Waals surface area (Å²) in [6.07, 6.45) is 1.63. The number of hydrogen-bond acceptors (Lipinski definition) is 5. The highest BCUT2D eigenvalue weighted by molar-refractivity contribution is 5.74. The summed E-state index contributed by atoms with van der Waals surface area (Å²) in [5.74, 6) is 0. The Morgan fingerprint density at radius 2 is 2.24 bits per heavy atom. The number of nitrogens with one attached hydrogen (secondary N) is 1. The van der Waals surface area contributed by atoms with Crippen LogP contribution in [0.1, 0.15) is 13.8 Å². The fraction of sp³-hybridized carbons (Fsp3) is 0.333.